The summed E-state index contributed by atoms with van der Waals surface area (Å²) in [7, 11) is 1.67. The molecule has 1 rings (SSSR count). The van der Waals surface area contributed by atoms with Crippen molar-refractivity contribution in [1.82, 2.24) is 10.2 Å². The van der Waals surface area contributed by atoms with Crippen molar-refractivity contribution in [2.45, 2.75) is 12.8 Å². The number of halogens is 1. The van der Waals surface area contributed by atoms with Crippen LogP contribution in [0.4, 0.5) is 4.79 Å². The Kier molecular flexibility index (Phi) is 6.75. The third-order valence-electron chi connectivity index (χ3n) is 2.59. The first kappa shape index (κ1) is 15.0. The number of hydrogen-bond donors (Lipinski definition) is 2. The summed E-state index contributed by atoms with van der Waals surface area (Å²) in [5.74, 6) is 0. The van der Waals surface area contributed by atoms with E-state index in [1.54, 1.807) is 7.05 Å². The first-order valence-electron chi connectivity index (χ1n) is 5.97. The average molecular weight is 315 g/mol. The Hall–Kier alpha value is -1.07. The van der Waals surface area contributed by atoms with E-state index >= 15 is 0 Å². The van der Waals surface area contributed by atoms with Gasteiger partial charge < -0.3 is 15.3 Å². The molecule has 2 amide bonds. The lowest BCUT2D eigenvalue weighted by Crippen LogP contribution is -2.39. The Labute approximate surface area is 116 Å². The number of carbonyl (C=O) groups excluding carboxylic acids is 1. The summed E-state index contributed by atoms with van der Waals surface area (Å²) in [6.07, 6.45) is 1.83. The Bertz CT molecular complexity index is 385. The number of hydrogen-bond acceptors (Lipinski definition) is 2. The van der Waals surface area contributed by atoms with E-state index in [9.17, 15) is 4.79 Å². The molecule has 0 saturated heterocycles. The number of nitrogens with zero attached hydrogens (tertiary/aromatic N) is 1. The highest BCUT2D eigenvalue weighted by atomic mass is 79.9. The van der Waals surface area contributed by atoms with Gasteiger partial charge in [0.15, 0.2) is 0 Å². The summed E-state index contributed by atoms with van der Waals surface area (Å²) >= 11 is 3.43. The largest absolute Gasteiger partial charge is 0.395 e. The van der Waals surface area contributed by atoms with Crippen molar-refractivity contribution in [2.24, 2.45) is 0 Å². The molecular weight excluding hydrogens is 296 g/mol. The Morgan fingerprint density at radius 3 is 2.94 bits per heavy atom. The van der Waals surface area contributed by atoms with Crippen LogP contribution in [0.3, 0.4) is 0 Å². The van der Waals surface area contributed by atoms with Crippen LogP contribution in [0.1, 0.15) is 12.0 Å². The normalized spacial score (nSPS) is 10.2. The van der Waals surface area contributed by atoms with Crippen molar-refractivity contribution in [2.75, 3.05) is 26.7 Å². The molecule has 1 aromatic carbocycles. The van der Waals surface area contributed by atoms with Crippen molar-refractivity contribution in [1.29, 1.82) is 0 Å². The lowest BCUT2D eigenvalue weighted by atomic mass is 10.1. The third kappa shape index (κ3) is 5.51. The van der Waals surface area contributed by atoms with Gasteiger partial charge in [-0.15, -0.1) is 0 Å². The molecule has 18 heavy (non-hydrogen) atoms. The van der Waals surface area contributed by atoms with Crippen LogP contribution in [-0.4, -0.2) is 42.8 Å². The van der Waals surface area contributed by atoms with Crippen molar-refractivity contribution in [3.05, 3.63) is 34.3 Å². The molecule has 5 heteroatoms. The van der Waals surface area contributed by atoms with Crippen LogP contribution in [0, 0.1) is 0 Å². The zero-order chi connectivity index (χ0) is 13.4. The zero-order valence-electron chi connectivity index (χ0n) is 10.5. The molecule has 0 aromatic heterocycles. The van der Waals surface area contributed by atoms with Gasteiger partial charge in [-0.05, 0) is 30.5 Å². The fraction of sp³-hybridized carbons (Fsp3) is 0.462. The average Bonchev–Trinajstić information content (AvgIpc) is 2.35. The number of benzene rings is 1. The minimum Gasteiger partial charge on any atom is -0.395 e. The van der Waals surface area contributed by atoms with Crippen LogP contribution in [0.15, 0.2) is 28.7 Å². The Morgan fingerprint density at radius 1 is 1.50 bits per heavy atom. The molecular formula is C13H19BrN2O2. The monoisotopic (exact) mass is 314 g/mol. The van der Waals surface area contributed by atoms with Gasteiger partial charge in [0, 0.05) is 24.6 Å². The second kappa shape index (κ2) is 8.11. The van der Waals surface area contributed by atoms with Gasteiger partial charge in [-0.1, -0.05) is 28.1 Å². The molecule has 0 saturated carbocycles. The Balaban J connectivity index is 2.21. The molecule has 0 bridgehead atoms. The summed E-state index contributed by atoms with van der Waals surface area (Å²) in [6, 6.07) is 8.02. The Morgan fingerprint density at radius 2 is 2.28 bits per heavy atom. The number of aliphatic hydroxyl groups excluding tert-OH is 1. The van der Waals surface area contributed by atoms with E-state index in [0.717, 1.165) is 17.3 Å². The fourth-order valence-electron chi connectivity index (χ4n) is 1.57. The highest BCUT2D eigenvalue weighted by Crippen LogP contribution is 2.12. The summed E-state index contributed by atoms with van der Waals surface area (Å²) < 4.78 is 1.08. The SMILES string of the molecule is CN(CCO)C(=O)NCCCc1cccc(Br)c1. The number of rotatable bonds is 6. The van der Waals surface area contributed by atoms with E-state index in [-0.39, 0.29) is 12.6 Å². The highest BCUT2D eigenvalue weighted by molar-refractivity contribution is 9.10. The number of carbonyl (C=O) groups is 1. The van der Waals surface area contributed by atoms with E-state index in [2.05, 4.69) is 33.4 Å². The number of aryl methyl sites for hydroxylation is 1. The van der Waals surface area contributed by atoms with E-state index in [0.29, 0.717) is 13.1 Å². The van der Waals surface area contributed by atoms with Crippen molar-refractivity contribution in [3.8, 4) is 0 Å². The van der Waals surface area contributed by atoms with Crippen LogP contribution >= 0.6 is 15.9 Å². The smallest absolute Gasteiger partial charge is 0.317 e. The molecule has 0 fully saturated rings. The van der Waals surface area contributed by atoms with Gasteiger partial charge in [0.05, 0.1) is 6.61 Å². The third-order valence-corrected chi connectivity index (χ3v) is 3.08. The molecule has 100 valence electrons. The first-order chi connectivity index (χ1) is 8.63. The van der Waals surface area contributed by atoms with Gasteiger partial charge in [-0.25, -0.2) is 4.79 Å². The lowest BCUT2D eigenvalue weighted by Gasteiger charge is -2.16. The fourth-order valence-corrected chi connectivity index (χ4v) is 2.01. The summed E-state index contributed by atoms with van der Waals surface area (Å²) in [5.41, 5.74) is 1.25. The topological polar surface area (TPSA) is 52.6 Å². The molecule has 0 atom stereocenters. The van der Waals surface area contributed by atoms with Gasteiger partial charge in [0.2, 0.25) is 0 Å². The molecule has 2 N–H and O–H groups in total. The number of nitrogens with one attached hydrogen (secondary N) is 1. The number of likely N-dealkylation sites (N-methyl/N-ethyl adjacent to an activating group) is 1. The minimum absolute atomic E-state index is 0.0119. The molecule has 0 aliphatic carbocycles. The maximum absolute atomic E-state index is 11.5. The zero-order valence-corrected chi connectivity index (χ0v) is 12.1. The van der Waals surface area contributed by atoms with Gasteiger partial charge in [0.25, 0.3) is 0 Å². The predicted molar refractivity (Wildman–Crippen MR) is 75.6 cm³/mol. The van der Waals surface area contributed by atoms with Gasteiger partial charge in [-0.2, -0.15) is 0 Å². The summed E-state index contributed by atoms with van der Waals surface area (Å²) in [5, 5.41) is 11.5. The second-order valence-corrected chi connectivity index (χ2v) is 5.03. The number of urea groups is 1. The van der Waals surface area contributed by atoms with Gasteiger partial charge in [-0.3, -0.25) is 0 Å². The van der Waals surface area contributed by atoms with E-state index in [1.165, 1.54) is 10.5 Å². The number of aliphatic hydroxyl groups is 1. The summed E-state index contributed by atoms with van der Waals surface area (Å²) in [6.45, 7) is 0.987. The maximum atomic E-state index is 11.5. The lowest BCUT2D eigenvalue weighted by molar-refractivity contribution is 0.190. The second-order valence-electron chi connectivity index (χ2n) is 4.11. The van der Waals surface area contributed by atoms with E-state index in [1.807, 2.05) is 12.1 Å². The van der Waals surface area contributed by atoms with Crippen molar-refractivity contribution in [3.63, 3.8) is 0 Å². The molecule has 0 aliphatic rings. The molecule has 4 nitrogen and oxygen atoms in total. The van der Waals surface area contributed by atoms with Crippen molar-refractivity contribution >= 4 is 22.0 Å². The quantitative estimate of drug-likeness (QED) is 0.789. The van der Waals surface area contributed by atoms with Gasteiger partial charge in [0.1, 0.15) is 0 Å². The minimum atomic E-state index is -0.140. The molecule has 0 aliphatic heterocycles. The first-order valence-corrected chi connectivity index (χ1v) is 6.77. The summed E-state index contributed by atoms with van der Waals surface area (Å²) in [4.78, 5) is 13.0. The van der Waals surface area contributed by atoms with E-state index in [4.69, 9.17) is 5.11 Å². The molecule has 1 aromatic rings. The van der Waals surface area contributed by atoms with Crippen LogP contribution in [0.2, 0.25) is 0 Å². The van der Waals surface area contributed by atoms with Crippen LogP contribution < -0.4 is 5.32 Å². The van der Waals surface area contributed by atoms with Crippen molar-refractivity contribution < 1.29 is 9.90 Å². The van der Waals surface area contributed by atoms with Crippen LogP contribution in [0.25, 0.3) is 0 Å². The van der Waals surface area contributed by atoms with Crippen LogP contribution in [0.5, 0.6) is 0 Å². The predicted octanol–water partition coefficient (Wildman–Crippen LogP) is 2.02. The number of amides is 2. The highest BCUT2D eigenvalue weighted by Gasteiger charge is 2.05. The van der Waals surface area contributed by atoms with Crippen LogP contribution in [-0.2, 0) is 6.42 Å². The molecule has 0 spiro atoms. The molecule has 0 radical (unpaired) electrons. The molecule has 0 heterocycles. The van der Waals surface area contributed by atoms with E-state index < -0.39 is 0 Å². The maximum Gasteiger partial charge on any atom is 0.317 e. The molecule has 0 unspecified atom stereocenters. The van der Waals surface area contributed by atoms with Gasteiger partial charge >= 0.3 is 6.03 Å². The standard InChI is InChI=1S/C13H19BrN2O2/c1-16(8-9-17)13(18)15-7-3-5-11-4-2-6-12(14)10-11/h2,4,6,10,17H,3,5,7-9H2,1H3,(H,15,18).